The van der Waals surface area contributed by atoms with E-state index >= 15 is 0 Å². The first kappa shape index (κ1) is 15.6. The Morgan fingerprint density at radius 1 is 1.39 bits per heavy atom. The van der Waals surface area contributed by atoms with Crippen molar-refractivity contribution in [2.24, 2.45) is 0 Å². The number of carbonyl (C=O) groups excluding carboxylic acids is 1. The zero-order valence-electron chi connectivity index (χ0n) is 13.1. The summed E-state index contributed by atoms with van der Waals surface area (Å²) < 4.78 is 32.8. The SMILES string of the molecule is CC(C)(C)OC(=O)Nc1ccc2nnn(C3CC(F)(F)C3)c2c1. The molecule has 124 valence electrons. The molecule has 0 bridgehead atoms. The molecular weight excluding hydrogens is 306 g/mol. The van der Waals surface area contributed by atoms with Crippen LogP contribution in [0.25, 0.3) is 11.0 Å². The van der Waals surface area contributed by atoms with Crippen LogP contribution in [0.15, 0.2) is 18.2 Å². The molecule has 1 amide bonds. The highest BCUT2D eigenvalue weighted by Gasteiger charge is 2.47. The molecule has 0 spiro atoms. The number of amides is 1. The number of nitrogens with one attached hydrogen (secondary N) is 1. The van der Waals surface area contributed by atoms with Gasteiger partial charge in [-0.1, -0.05) is 5.21 Å². The summed E-state index contributed by atoms with van der Waals surface area (Å²) in [6.07, 6.45) is -1.06. The zero-order chi connectivity index (χ0) is 16.8. The maximum Gasteiger partial charge on any atom is 0.412 e. The summed E-state index contributed by atoms with van der Waals surface area (Å²) in [7, 11) is 0. The van der Waals surface area contributed by atoms with Crippen LogP contribution in [0, 0.1) is 0 Å². The lowest BCUT2D eigenvalue weighted by molar-refractivity contribution is -0.106. The molecule has 1 fully saturated rings. The first-order valence-corrected chi connectivity index (χ1v) is 7.36. The predicted molar refractivity (Wildman–Crippen MR) is 80.6 cm³/mol. The Morgan fingerprint density at radius 2 is 2.09 bits per heavy atom. The fourth-order valence-electron chi connectivity index (χ4n) is 2.51. The standard InChI is InChI=1S/C15H18F2N4O2/c1-14(2,3)23-13(22)18-9-4-5-11-12(6-9)21(20-19-11)10-7-15(16,17)8-10/h4-6,10H,7-8H2,1-3H3,(H,18,22). The van der Waals surface area contributed by atoms with E-state index in [0.717, 1.165) is 0 Å². The highest BCUT2D eigenvalue weighted by molar-refractivity contribution is 5.88. The number of aromatic nitrogens is 3. The minimum atomic E-state index is -2.63. The Hall–Kier alpha value is -2.25. The summed E-state index contributed by atoms with van der Waals surface area (Å²) in [5, 5.41) is 10.5. The first-order chi connectivity index (χ1) is 10.6. The van der Waals surface area contributed by atoms with Crippen molar-refractivity contribution in [3.63, 3.8) is 0 Å². The van der Waals surface area contributed by atoms with E-state index in [0.29, 0.717) is 16.7 Å². The highest BCUT2D eigenvalue weighted by atomic mass is 19.3. The summed E-state index contributed by atoms with van der Waals surface area (Å²) >= 11 is 0. The molecule has 1 aliphatic rings. The summed E-state index contributed by atoms with van der Waals surface area (Å²) in [6.45, 7) is 5.31. The van der Waals surface area contributed by atoms with Crippen molar-refractivity contribution in [2.45, 2.75) is 51.2 Å². The fourth-order valence-corrected chi connectivity index (χ4v) is 2.51. The van der Waals surface area contributed by atoms with Gasteiger partial charge in [-0.25, -0.2) is 18.3 Å². The molecule has 1 saturated carbocycles. The number of fused-ring (bicyclic) bond motifs is 1. The lowest BCUT2D eigenvalue weighted by atomic mass is 9.88. The number of ether oxygens (including phenoxy) is 1. The van der Waals surface area contributed by atoms with Gasteiger partial charge in [0.1, 0.15) is 11.1 Å². The maximum absolute atomic E-state index is 13.1. The van der Waals surface area contributed by atoms with Gasteiger partial charge in [0.05, 0.1) is 11.6 Å². The van der Waals surface area contributed by atoms with Crippen LogP contribution in [0.4, 0.5) is 19.3 Å². The van der Waals surface area contributed by atoms with Gasteiger partial charge in [0.25, 0.3) is 5.92 Å². The molecule has 1 aromatic heterocycles. The number of hydrogen-bond donors (Lipinski definition) is 1. The Kier molecular flexibility index (Phi) is 3.50. The highest BCUT2D eigenvalue weighted by Crippen LogP contribution is 2.45. The molecular formula is C15H18F2N4O2. The lowest BCUT2D eigenvalue weighted by Crippen LogP contribution is -2.37. The Balaban J connectivity index is 1.80. The molecule has 0 atom stereocenters. The van der Waals surface area contributed by atoms with E-state index in [9.17, 15) is 13.6 Å². The summed E-state index contributed by atoms with van der Waals surface area (Å²) in [5.41, 5.74) is 1.10. The van der Waals surface area contributed by atoms with E-state index in [1.807, 2.05) is 0 Å². The van der Waals surface area contributed by atoms with Crippen LogP contribution in [-0.4, -0.2) is 32.6 Å². The minimum absolute atomic E-state index is 0.241. The molecule has 1 aliphatic carbocycles. The van der Waals surface area contributed by atoms with Crippen molar-refractivity contribution in [2.75, 3.05) is 5.32 Å². The van der Waals surface area contributed by atoms with Crippen molar-refractivity contribution in [1.82, 2.24) is 15.0 Å². The predicted octanol–water partition coefficient (Wildman–Crippen LogP) is 3.75. The largest absolute Gasteiger partial charge is 0.444 e. The second-order valence-electron chi connectivity index (χ2n) is 6.78. The first-order valence-electron chi connectivity index (χ1n) is 7.36. The third-order valence-electron chi connectivity index (χ3n) is 3.53. The van der Waals surface area contributed by atoms with E-state index in [-0.39, 0.29) is 18.9 Å². The van der Waals surface area contributed by atoms with Crippen LogP contribution in [0.3, 0.4) is 0 Å². The molecule has 2 aromatic rings. The third-order valence-corrected chi connectivity index (χ3v) is 3.53. The van der Waals surface area contributed by atoms with E-state index in [1.54, 1.807) is 39.0 Å². The van der Waals surface area contributed by atoms with Gasteiger partial charge in [-0.05, 0) is 39.0 Å². The molecule has 1 heterocycles. The number of nitrogens with zero attached hydrogens (tertiary/aromatic N) is 3. The normalized spacial score (nSPS) is 17.8. The molecule has 6 nitrogen and oxygen atoms in total. The van der Waals surface area contributed by atoms with Gasteiger partial charge in [0, 0.05) is 18.5 Å². The van der Waals surface area contributed by atoms with Crippen molar-refractivity contribution in [3.8, 4) is 0 Å². The molecule has 0 saturated heterocycles. The summed E-state index contributed by atoms with van der Waals surface area (Å²) in [6, 6.07) is 4.64. The van der Waals surface area contributed by atoms with Gasteiger partial charge in [-0.3, -0.25) is 5.32 Å². The van der Waals surface area contributed by atoms with Crippen molar-refractivity contribution in [1.29, 1.82) is 0 Å². The monoisotopic (exact) mass is 324 g/mol. The average molecular weight is 324 g/mol. The molecule has 0 aliphatic heterocycles. The van der Waals surface area contributed by atoms with Crippen LogP contribution in [0.2, 0.25) is 0 Å². The quantitative estimate of drug-likeness (QED) is 0.913. The van der Waals surface area contributed by atoms with Crippen LogP contribution >= 0.6 is 0 Å². The van der Waals surface area contributed by atoms with Gasteiger partial charge in [-0.2, -0.15) is 0 Å². The number of hydrogen-bond acceptors (Lipinski definition) is 4. The van der Waals surface area contributed by atoms with Crippen LogP contribution in [0.1, 0.15) is 39.7 Å². The molecule has 3 rings (SSSR count). The maximum atomic E-state index is 13.1. The van der Waals surface area contributed by atoms with Crippen molar-refractivity contribution < 1.29 is 18.3 Å². The Labute approximate surface area is 131 Å². The number of alkyl halides is 2. The van der Waals surface area contributed by atoms with Crippen LogP contribution < -0.4 is 5.32 Å². The van der Waals surface area contributed by atoms with Crippen LogP contribution in [0.5, 0.6) is 0 Å². The van der Waals surface area contributed by atoms with E-state index in [1.165, 1.54) is 4.68 Å². The molecule has 1 aromatic carbocycles. The van der Waals surface area contributed by atoms with Crippen molar-refractivity contribution >= 4 is 22.8 Å². The van der Waals surface area contributed by atoms with E-state index in [4.69, 9.17) is 4.74 Å². The average Bonchev–Trinajstić information content (AvgIpc) is 2.76. The van der Waals surface area contributed by atoms with Gasteiger partial charge in [0.15, 0.2) is 0 Å². The number of anilines is 1. The Bertz CT molecular complexity index is 744. The third kappa shape index (κ3) is 3.40. The molecule has 8 heteroatoms. The molecule has 0 radical (unpaired) electrons. The summed E-state index contributed by atoms with van der Waals surface area (Å²) in [4.78, 5) is 11.8. The number of halogens is 2. The minimum Gasteiger partial charge on any atom is -0.444 e. The fraction of sp³-hybridized carbons (Fsp3) is 0.533. The second-order valence-corrected chi connectivity index (χ2v) is 6.78. The molecule has 0 unspecified atom stereocenters. The number of benzene rings is 1. The van der Waals surface area contributed by atoms with Gasteiger partial charge >= 0.3 is 6.09 Å². The second kappa shape index (κ2) is 5.14. The summed E-state index contributed by atoms with van der Waals surface area (Å²) in [5.74, 6) is -2.63. The van der Waals surface area contributed by atoms with Crippen LogP contribution in [-0.2, 0) is 4.74 Å². The number of rotatable bonds is 2. The smallest absolute Gasteiger partial charge is 0.412 e. The topological polar surface area (TPSA) is 69.0 Å². The molecule has 1 N–H and O–H groups in total. The van der Waals surface area contributed by atoms with Crippen molar-refractivity contribution in [3.05, 3.63) is 18.2 Å². The van der Waals surface area contributed by atoms with Gasteiger partial charge in [-0.15, -0.1) is 5.10 Å². The number of carbonyl (C=O) groups is 1. The zero-order valence-corrected chi connectivity index (χ0v) is 13.1. The molecule has 23 heavy (non-hydrogen) atoms. The lowest BCUT2D eigenvalue weighted by Gasteiger charge is -2.34. The van der Waals surface area contributed by atoms with E-state index in [2.05, 4.69) is 15.6 Å². The van der Waals surface area contributed by atoms with E-state index < -0.39 is 17.6 Å². The van der Waals surface area contributed by atoms with Gasteiger partial charge in [0.2, 0.25) is 0 Å². The Morgan fingerprint density at radius 3 is 2.70 bits per heavy atom. The van der Waals surface area contributed by atoms with Gasteiger partial charge < -0.3 is 4.74 Å².